The van der Waals surface area contributed by atoms with E-state index >= 15 is 0 Å². The molecule has 0 aliphatic carbocycles. The Hall–Kier alpha value is -2.58. The molecule has 0 aromatic heterocycles. The molecule has 6 nitrogen and oxygen atoms in total. The number of carboxylic acid groups (broad SMARTS) is 1. The summed E-state index contributed by atoms with van der Waals surface area (Å²) in [6, 6.07) is 1.54. The number of alkyl halides is 3. The van der Waals surface area contributed by atoms with Gasteiger partial charge in [-0.15, -0.1) is 0 Å². The van der Waals surface area contributed by atoms with E-state index in [1.165, 1.54) is 0 Å². The number of hydrogen-bond donors (Lipinski definition) is 1. The van der Waals surface area contributed by atoms with E-state index in [4.69, 9.17) is 9.84 Å². The Morgan fingerprint density at radius 1 is 1.22 bits per heavy atom. The van der Waals surface area contributed by atoms with Crippen LogP contribution in [0.2, 0.25) is 0 Å². The van der Waals surface area contributed by atoms with E-state index in [-0.39, 0.29) is 18.4 Å². The molecular weight excluding hydrogens is 321 g/mol. The quantitative estimate of drug-likeness (QED) is 0.504. The standard InChI is InChI=1S/C14H13F3O6/c1-2-3-4-22-9-5-8(14(15,16)17)6-10(18)11(7-9)23-13(21)12(19)20/h5-7H,2-4H2,1H3,(H,19,20). The van der Waals surface area contributed by atoms with Crippen molar-refractivity contribution in [3.63, 3.8) is 0 Å². The van der Waals surface area contributed by atoms with Crippen LogP contribution in [-0.2, 0) is 15.8 Å². The minimum atomic E-state index is -4.82. The molecule has 0 spiro atoms. The molecule has 0 heterocycles. The summed E-state index contributed by atoms with van der Waals surface area (Å²) in [5.74, 6) is -5.00. The van der Waals surface area contributed by atoms with E-state index in [2.05, 4.69) is 4.74 Å². The Bertz CT molecular complexity index is 654. The summed E-state index contributed by atoms with van der Waals surface area (Å²) in [4.78, 5) is 33.1. The Kier molecular flexibility index (Phi) is 6.11. The van der Waals surface area contributed by atoms with Crippen molar-refractivity contribution in [3.05, 3.63) is 34.0 Å². The van der Waals surface area contributed by atoms with Gasteiger partial charge in [-0.25, -0.2) is 9.59 Å². The molecule has 0 aliphatic heterocycles. The van der Waals surface area contributed by atoms with Gasteiger partial charge in [-0.05, 0) is 12.5 Å². The average molecular weight is 334 g/mol. The highest BCUT2D eigenvalue weighted by Crippen LogP contribution is 2.31. The normalized spacial score (nSPS) is 11.0. The minimum Gasteiger partial charge on any atom is -0.493 e. The Labute approximate surface area is 128 Å². The lowest BCUT2D eigenvalue weighted by atomic mass is 10.2. The zero-order valence-electron chi connectivity index (χ0n) is 12.0. The zero-order valence-corrected chi connectivity index (χ0v) is 12.0. The summed E-state index contributed by atoms with van der Waals surface area (Å²) in [5, 5.41) is 8.44. The van der Waals surface area contributed by atoms with Crippen LogP contribution in [0.1, 0.15) is 25.3 Å². The van der Waals surface area contributed by atoms with E-state index in [0.717, 1.165) is 12.5 Å². The fourth-order valence-corrected chi connectivity index (χ4v) is 1.45. The molecule has 126 valence electrons. The van der Waals surface area contributed by atoms with Gasteiger partial charge in [0.25, 0.3) is 0 Å². The maximum Gasteiger partial charge on any atom is 0.422 e. The average Bonchev–Trinajstić information content (AvgIpc) is 2.59. The van der Waals surface area contributed by atoms with Gasteiger partial charge >= 0.3 is 18.1 Å². The second-order valence-electron chi connectivity index (χ2n) is 4.41. The summed E-state index contributed by atoms with van der Waals surface area (Å²) in [7, 11) is 0. The van der Waals surface area contributed by atoms with E-state index in [0.29, 0.717) is 12.5 Å². The molecule has 0 aliphatic rings. The molecule has 9 heteroatoms. The molecule has 0 saturated heterocycles. The monoisotopic (exact) mass is 334 g/mol. The molecule has 0 bridgehead atoms. The van der Waals surface area contributed by atoms with Gasteiger partial charge < -0.3 is 14.6 Å². The highest BCUT2D eigenvalue weighted by Gasteiger charge is 2.31. The number of carbonyl (C=O) groups is 2. The first-order valence-corrected chi connectivity index (χ1v) is 6.49. The number of esters is 1. The van der Waals surface area contributed by atoms with Gasteiger partial charge in [0.05, 0.1) is 12.2 Å². The van der Waals surface area contributed by atoms with Crippen LogP contribution < -0.4 is 14.9 Å². The molecule has 0 radical (unpaired) electrons. The van der Waals surface area contributed by atoms with Crippen LogP contribution >= 0.6 is 0 Å². The third-order valence-electron chi connectivity index (χ3n) is 2.57. The Balaban J connectivity index is 3.32. The van der Waals surface area contributed by atoms with Crippen LogP contribution in [0, 0.1) is 0 Å². The number of hydrogen-bond acceptors (Lipinski definition) is 5. The SMILES string of the molecule is CCCCOc1cc(C(F)(F)F)cc(=O)c(OC(=O)C(=O)O)c1. The fourth-order valence-electron chi connectivity index (χ4n) is 1.45. The maximum atomic E-state index is 12.8. The van der Waals surface area contributed by atoms with E-state index in [1.54, 1.807) is 0 Å². The van der Waals surface area contributed by atoms with E-state index in [1.807, 2.05) is 6.92 Å². The molecule has 1 aromatic rings. The predicted octanol–water partition coefficient (Wildman–Crippen LogP) is 2.23. The molecule has 0 unspecified atom stereocenters. The Morgan fingerprint density at radius 3 is 2.39 bits per heavy atom. The van der Waals surface area contributed by atoms with Crippen LogP contribution in [0.25, 0.3) is 0 Å². The molecule has 1 aromatic carbocycles. The van der Waals surface area contributed by atoms with Crippen molar-refractivity contribution >= 4 is 11.9 Å². The molecule has 0 saturated carbocycles. The number of carbonyl (C=O) groups excluding carboxylic acids is 1. The van der Waals surface area contributed by atoms with Gasteiger partial charge in [0.15, 0.2) is 5.75 Å². The number of unbranched alkanes of at least 4 members (excludes halogenated alkanes) is 1. The molecule has 1 rings (SSSR count). The molecule has 0 amide bonds. The second-order valence-corrected chi connectivity index (χ2v) is 4.41. The zero-order chi connectivity index (χ0) is 17.6. The first kappa shape index (κ1) is 18.5. The van der Waals surface area contributed by atoms with Crippen LogP contribution in [0.4, 0.5) is 13.2 Å². The number of ether oxygens (including phenoxy) is 2. The van der Waals surface area contributed by atoms with Crippen molar-refractivity contribution in [2.45, 2.75) is 25.9 Å². The lowest BCUT2D eigenvalue weighted by molar-refractivity contribution is -0.158. The maximum absolute atomic E-state index is 12.8. The van der Waals surface area contributed by atoms with Crippen molar-refractivity contribution in [2.75, 3.05) is 6.61 Å². The number of carboxylic acids is 1. The molecular formula is C14H13F3O6. The largest absolute Gasteiger partial charge is 0.493 e. The lowest BCUT2D eigenvalue weighted by Crippen LogP contribution is -2.22. The van der Waals surface area contributed by atoms with Gasteiger partial charge in [-0.2, -0.15) is 13.2 Å². The second kappa shape index (κ2) is 7.61. The third-order valence-corrected chi connectivity index (χ3v) is 2.57. The van der Waals surface area contributed by atoms with Gasteiger partial charge in [0.1, 0.15) is 5.75 Å². The van der Waals surface area contributed by atoms with Crippen LogP contribution in [0.15, 0.2) is 23.0 Å². The minimum absolute atomic E-state index is 0.0817. The van der Waals surface area contributed by atoms with Crippen molar-refractivity contribution in [1.82, 2.24) is 0 Å². The van der Waals surface area contributed by atoms with Crippen LogP contribution in [-0.4, -0.2) is 23.7 Å². The predicted molar refractivity (Wildman–Crippen MR) is 71.4 cm³/mol. The van der Waals surface area contributed by atoms with Gasteiger partial charge in [0, 0.05) is 12.1 Å². The fraction of sp³-hybridized carbons (Fsp3) is 0.357. The van der Waals surface area contributed by atoms with Gasteiger partial charge in [-0.3, -0.25) is 4.79 Å². The highest BCUT2D eigenvalue weighted by molar-refractivity contribution is 6.29. The molecule has 1 N–H and O–H groups in total. The van der Waals surface area contributed by atoms with Crippen molar-refractivity contribution in [3.8, 4) is 11.5 Å². The summed E-state index contributed by atoms with van der Waals surface area (Å²) >= 11 is 0. The first-order chi connectivity index (χ1) is 10.6. The molecule has 0 fully saturated rings. The van der Waals surface area contributed by atoms with Crippen LogP contribution in [0.5, 0.6) is 11.5 Å². The van der Waals surface area contributed by atoms with Crippen molar-refractivity contribution in [2.24, 2.45) is 0 Å². The Morgan fingerprint density at radius 2 is 1.87 bits per heavy atom. The first-order valence-electron chi connectivity index (χ1n) is 6.49. The molecule has 23 heavy (non-hydrogen) atoms. The topological polar surface area (TPSA) is 89.9 Å². The summed E-state index contributed by atoms with van der Waals surface area (Å²) < 4.78 is 47.9. The van der Waals surface area contributed by atoms with Crippen LogP contribution in [0.3, 0.4) is 0 Å². The number of halogens is 3. The highest BCUT2D eigenvalue weighted by atomic mass is 19.4. The summed E-state index contributed by atoms with van der Waals surface area (Å²) in [6.45, 7) is 1.92. The summed E-state index contributed by atoms with van der Waals surface area (Å²) in [6.07, 6.45) is -3.55. The van der Waals surface area contributed by atoms with Gasteiger partial charge in [0.2, 0.25) is 5.43 Å². The third kappa shape index (κ3) is 5.61. The summed E-state index contributed by atoms with van der Waals surface area (Å²) in [5.41, 5.74) is -2.59. The number of rotatable bonds is 5. The van der Waals surface area contributed by atoms with Gasteiger partial charge in [-0.1, -0.05) is 13.3 Å². The number of aliphatic carboxylic acids is 1. The van der Waals surface area contributed by atoms with E-state index < -0.39 is 34.9 Å². The van der Waals surface area contributed by atoms with Crippen molar-refractivity contribution in [1.29, 1.82) is 0 Å². The van der Waals surface area contributed by atoms with E-state index in [9.17, 15) is 27.6 Å². The lowest BCUT2D eigenvalue weighted by Gasteiger charge is -2.06. The molecule has 0 atom stereocenters. The van der Waals surface area contributed by atoms with Crippen molar-refractivity contribution < 1.29 is 37.3 Å². The smallest absolute Gasteiger partial charge is 0.422 e.